The van der Waals surface area contributed by atoms with Crippen LogP contribution in [-0.2, 0) is 44.6 Å². The second kappa shape index (κ2) is 13.1. The van der Waals surface area contributed by atoms with Crippen LogP contribution < -0.4 is 0 Å². The summed E-state index contributed by atoms with van der Waals surface area (Å²) in [6.45, 7) is 17.8. The summed E-state index contributed by atoms with van der Waals surface area (Å²) in [6, 6.07) is 0. The van der Waals surface area contributed by atoms with Crippen LogP contribution in [0, 0.1) is 74.9 Å². The third kappa shape index (κ3) is 5.25. The Morgan fingerprint density at radius 1 is 0.615 bits per heavy atom. The van der Waals surface area contributed by atoms with Gasteiger partial charge in [-0.2, -0.15) is 0 Å². The first-order chi connectivity index (χ1) is 30.5. The van der Waals surface area contributed by atoms with Gasteiger partial charge in [-0.05, 0) is 137 Å². The predicted molar refractivity (Wildman–Crippen MR) is 240 cm³/mol. The van der Waals surface area contributed by atoms with Crippen molar-refractivity contribution in [2.75, 3.05) is 13.2 Å². The van der Waals surface area contributed by atoms with Crippen LogP contribution in [-0.4, -0.2) is 102 Å². The summed E-state index contributed by atoms with van der Waals surface area (Å²) in [6.07, 6.45) is 14.6. The van der Waals surface area contributed by atoms with E-state index < -0.39 is 52.1 Å². The first-order valence-corrected chi connectivity index (χ1v) is 26.0. The summed E-state index contributed by atoms with van der Waals surface area (Å²) in [4.78, 5) is 11.2. The number of hydrogen-bond acceptors (Lipinski definition) is 11. The van der Waals surface area contributed by atoms with Crippen molar-refractivity contribution in [2.45, 2.75) is 198 Å². The fraction of sp³-hybridized carbons (Fsp3) is 0.852. The summed E-state index contributed by atoms with van der Waals surface area (Å²) < 4.78 is 26.4. The number of fused-ring (bicyclic) bond motifs is 16. The number of aromatic nitrogens is 2. The summed E-state index contributed by atoms with van der Waals surface area (Å²) in [7, 11) is 0. The zero-order valence-electron chi connectivity index (χ0n) is 40.2. The van der Waals surface area contributed by atoms with Crippen LogP contribution in [0.25, 0.3) is 0 Å². The normalized spacial score (nSPS) is 59.1. The Bertz CT molecular complexity index is 2270. The number of ether oxygens (including phenoxy) is 4. The van der Waals surface area contributed by atoms with E-state index in [9.17, 15) is 25.5 Å². The molecule has 0 amide bonds. The molecule has 4 saturated carbocycles. The second-order valence-electron chi connectivity index (χ2n) is 26.2. The Balaban J connectivity index is 0.760. The van der Waals surface area contributed by atoms with Gasteiger partial charge in [-0.3, -0.25) is 9.97 Å². The van der Waals surface area contributed by atoms with Crippen LogP contribution in [0.1, 0.15) is 142 Å². The first kappa shape index (κ1) is 43.2. The summed E-state index contributed by atoms with van der Waals surface area (Å²) >= 11 is 0. The molecule has 0 radical (unpaired) electrons. The van der Waals surface area contributed by atoms with Gasteiger partial charge in [0.2, 0.25) is 0 Å². The number of aliphatic hydroxyl groups excluding tert-OH is 2. The maximum absolute atomic E-state index is 12.9. The highest BCUT2D eigenvalue weighted by molar-refractivity contribution is 5.43. The highest BCUT2D eigenvalue weighted by Crippen LogP contribution is 2.72. The molecule has 356 valence electrons. The molecule has 5 N–H and O–H groups in total. The third-order valence-electron chi connectivity index (χ3n) is 23.2. The van der Waals surface area contributed by atoms with Crippen molar-refractivity contribution in [3.05, 3.63) is 46.1 Å². The van der Waals surface area contributed by atoms with Crippen LogP contribution in [0.15, 0.2) is 23.3 Å². The Morgan fingerprint density at radius 2 is 1.15 bits per heavy atom. The fourth-order valence-electron chi connectivity index (χ4n) is 19.0. The molecule has 22 atom stereocenters. The van der Waals surface area contributed by atoms with E-state index in [1.54, 1.807) is 6.92 Å². The van der Waals surface area contributed by atoms with Gasteiger partial charge in [-0.25, -0.2) is 0 Å². The molecule has 8 fully saturated rings. The average molecular weight is 897 g/mol. The summed E-state index contributed by atoms with van der Waals surface area (Å²) in [5, 5.41) is 59.2. The lowest BCUT2D eigenvalue weighted by molar-refractivity contribution is -0.289. The van der Waals surface area contributed by atoms with Crippen LogP contribution in [0.3, 0.4) is 0 Å². The van der Waals surface area contributed by atoms with Gasteiger partial charge in [0.1, 0.15) is 11.7 Å². The van der Waals surface area contributed by atoms with Crippen molar-refractivity contribution < 1.29 is 44.5 Å². The Morgan fingerprint density at radius 3 is 1.71 bits per heavy atom. The van der Waals surface area contributed by atoms with Gasteiger partial charge in [-0.1, -0.05) is 64.8 Å². The first-order valence-electron chi connectivity index (χ1n) is 26.0. The van der Waals surface area contributed by atoms with Crippen LogP contribution in [0.5, 0.6) is 0 Å². The number of hydrogen-bond donors (Lipinski definition) is 5. The standard InChI is InChI=1S/C54H76N2O9/c1-27-45-41(64-52(27)15-13-46(3,59)25-62-52)19-35-31-11-9-29-17-37-39(23-48(29,5)33(31)20-42(57)50(35,45)7)55-38-18-30-10-12-32-34(49(30,6)24-40(38)56-37)21-43(58)51(8)36(32)22-44-54(51,61)28(2)53(65-44)16-14-47(4,60)26-63-53/h19,22,27-34,41-45,57-61H,9-18,20-21,23-26H2,1-8H3/t27-,28+,29-,30-,31+,32+,33-,34-,41-,42+,43+,44-,45-,46-,47-,48-,49-,50+,51+,52+,53+,54+/m0/s1. The SMILES string of the molecule is C[C@@H]1[C@@]2(CC[C@](C)(O)CO2)O[C@H]2C=C3[C@@H]4CC[C@H]5Cc6nc7c(nc6C[C@]5(C)[C@H]4C[C@@H](O)[C@]3(C)[C@]21O)C[C@@H]1CC[C@H]2C3=C[C@@H]4O[C@]5(CC[C@](C)(O)CO5)[C@@H](C)[C@@H]4[C@@]3(C)[C@H](O)C[C@@H]2[C@@]1(C)C7. The molecule has 12 aliphatic rings. The van der Waals surface area contributed by atoms with E-state index in [4.69, 9.17) is 28.9 Å². The molecule has 0 unspecified atom stereocenters. The van der Waals surface area contributed by atoms with Gasteiger partial charge in [0.25, 0.3) is 0 Å². The molecule has 1 aromatic heterocycles. The lowest BCUT2D eigenvalue weighted by Crippen LogP contribution is -2.64. The Labute approximate surface area is 385 Å². The Hall–Kier alpha value is -1.80. The van der Waals surface area contributed by atoms with Crippen LogP contribution in [0.2, 0.25) is 0 Å². The van der Waals surface area contributed by atoms with Gasteiger partial charge >= 0.3 is 0 Å². The van der Waals surface area contributed by atoms with Crippen molar-refractivity contribution >= 4 is 0 Å². The molecule has 8 aliphatic carbocycles. The fourth-order valence-corrected chi connectivity index (χ4v) is 19.0. The van der Waals surface area contributed by atoms with Crippen LogP contribution >= 0.6 is 0 Å². The molecule has 0 aromatic carbocycles. The molecule has 13 rings (SSSR count). The van der Waals surface area contributed by atoms with E-state index in [2.05, 4.69) is 46.8 Å². The minimum atomic E-state index is -1.31. The third-order valence-corrected chi connectivity index (χ3v) is 23.2. The minimum Gasteiger partial charge on any atom is -0.392 e. The molecule has 11 heteroatoms. The highest BCUT2D eigenvalue weighted by Gasteiger charge is 2.77. The van der Waals surface area contributed by atoms with Crippen molar-refractivity contribution in [1.29, 1.82) is 0 Å². The smallest absolute Gasteiger partial charge is 0.174 e. The second-order valence-corrected chi connectivity index (χ2v) is 26.2. The van der Waals surface area contributed by atoms with Gasteiger partial charge in [-0.15, -0.1) is 0 Å². The van der Waals surface area contributed by atoms with E-state index in [1.807, 2.05) is 13.8 Å². The van der Waals surface area contributed by atoms with Crippen LogP contribution in [0.4, 0.5) is 0 Å². The number of aliphatic hydroxyl groups is 5. The minimum absolute atomic E-state index is 0.0122. The molecule has 2 spiro atoms. The van der Waals surface area contributed by atoms with Crippen molar-refractivity contribution in [3.8, 4) is 0 Å². The molecular formula is C54H76N2O9. The highest BCUT2D eigenvalue weighted by atomic mass is 16.7. The van der Waals surface area contributed by atoms with Crippen molar-refractivity contribution in [1.82, 2.24) is 9.97 Å². The largest absolute Gasteiger partial charge is 0.392 e. The molecule has 4 aliphatic heterocycles. The van der Waals surface area contributed by atoms with Crippen molar-refractivity contribution in [3.63, 3.8) is 0 Å². The number of rotatable bonds is 0. The van der Waals surface area contributed by atoms with Gasteiger partial charge in [0.05, 0.1) is 65.5 Å². The lowest BCUT2D eigenvalue weighted by atomic mass is 9.44. The maximum Gasteiger partial charge on any atom is 0.174 e. The zero-order valence-corrected chi connectivity index (χ0v) is 40.2. The molecule has 0 bridgehead atoms. The molecule has 4 saturated heterocycles. The van der Waals surface area contributed by atoms with Gasteiger partial charge < -0.3 is 44.5 Å². The molecule has 65 heavy (non-hydrogen) atoms. The van der Waals surface area contributed by atoms with Gasteiger partial charge in [0.15, 0.2) is 11.6 Å². The maximum atomic E-state index is 12.9. The van der Waals surface area contributed by atoms with E-state index in [0.717, 1.165) is 63.5 Å². The predicted octanol–water partition coefficient (Wildman–Crippen LogP) is 6.33. The molecule has 11 nitrogen and oxygen atoms in total. The van der Waals surface area contributed by atoms with Crippen molar-refractivity contribution in [2.24, 2.45) is 74.9 Å². The van der Waals surface area contributed by atoms with E-state index in [1.165, 1.54) is 28.2 Å². The number of nitrogens with zero attached hydrogens (tertiary/aromatic N) is 2. The molecular weight excluding hydrogens is 821 g/mol. The average Bonchev–Trinajstić information content (AvgIpc) is 3.86. The van der Waals surface area contributed by atoms with E-state index in [0.29, 0.717) is 55.8 Å². The van der Waals surface area contributed by atoms with Gasteiger partial charge in [0, 0.05) is 41.4 Å². The molecule has 5 heterocycles. The monoisotopic (exact) mass is 897 g/mol. The summed E-state index contributed by atoms with van der Waals surface area (Å²) in [5.41, 5.74) is 3.00. The molecule has 1 aromatic rings. The zero-order chi connectivity index (χ0) is 45.4. The summed E-state index contributed by atoms with van der Waals surface area (Å²) in [5.74, 6) is 0.408. The Kier molecular flexibility index (Phi) is 8.73. The topological polar surface area (TPSA) is 164 Å². The quantitative estimate of drug-likeness (QED) is 0.185. The van der Waals surface area contributed by atoms with E-state index >= 15 is 0 Å². The van der Waals surface area contributed by atoms with E-state index in [-0.39, 0.29) is 65.2 Å². The lowest BCUT2D eigenvalue weighted by Gasteiger charge is -2.61.